The molecule has 2 rings (SSSR count). The highest BCUT2D eigenvalue weighted by Gasteiger charge is 2.31. The van der Waals surface area contributed by atoms with E-state index in [9.17, 15) is 18.3 Å². The molecule has 0 bridgehead atoms. The van der Waals surface area contributed by atoms with Gasteiger partial charge in [-0.2, -0.15) is 13.2 Å². The van der Waals surface area contributed by atoms with Crippen molar-refractivity contribution in [3.63, 3.8) is 0 Å². The highest BCUT2D eigenvalue weighted by atomic mass is 19.4. The van der Waals surface area contributed by atoms with Gasteiger partial charge in [-0.25, -0.2) is 4.98 Å². The second-order valence-electron chi connectivity index (χ2n) is 4.40. The van der Waals surface area contributed by atoms with Crippen LogP contribution in [0.1, 0.15) is 28.5 Å². The molecule has 1 heterocycles. The van der Waals surface area contributed by atoms with Crippen LogP contribution in [0.5, 0.6) is 0 Å². The minimum absolute atomic E-state index is 0.392. The molecule has 19 heavy (non-hydrogen) atoms. The lowest BCUT2D eigenvalue weighted by Gasteiger charge is -2.16. The molecule has 1 N–H and O–H groups in total. The van der Waals surface area contributed by atoms with E-state index in [1.165, 1.54) is 18.6 Å². The number of rotatable bonds is 2. The number of aromatic nitrogens is 2. The summed E-state index contributed by atoms with van der Waals surface area (Å²) in [4.78, 5) is 3.88. The van der Waals surface area contributed by atoms with Crippen molar-refractivity contribution in [3.05, 3.63) is 53.1 Å². The molecular formula is C13H13F3N2O. The molecule has 0 aliphatic rings. The van der Waals surface area contributed by atoms with Gasteiger partial charge in [0.1, 0.15) is 6.10 Å². The summed E-state index contributed by atoms with van der Waals surface area (Å²) >= 11 is 0. The summed E-state index contributed by atoms with van der Waals surface area (Å²) in [5, 5.41) is 10.2. The number of benzene rings is 1. The fraction of sp³-hybridized carbons (Fsp3) is 0.308. The monoisotopic (exact) mass is 270 g/mol. The molecule has 3 nitrogen and oxygen atoms in total. The summed E-state index contributed by atoms with van der Waals surface area (Å²) in [6, 6.07) is 3.31. The van der Waals surface area contributed by atoms with Gasteiger partial charge in [0.2, 0.25) is 0 Å². The highest BCUT2D eigenvalue weighted by molar-refractivity contribution is 5.36. The van der Waals surface area contributed by atoms with Crippen molar-refractivity contribution < 1.29 is 18.3 Å². The van der Waals surface area contributed by atoms with E-state index < -0.39 is 17.8 Å². The Labute approximate surface area is 108 Å². The normalized spacial score (nSPS) is 13.6. The minimum Gasteiger partial charge on any atom is -0.382 e. The number of aryl methyl sites for hydroxylation is 2. The van der Waals surface area contributed by atoms with E-state index in [-0.39, 0.29) is 0 Å². The van der Waals surface area contributed by atoms with Crippen molar-refractivity contribution in [2.45, 2.75) is 19.2 Å². The third kappa shape index (κ3) is 2.63. The molecule has 0 aliphatic heterocycles. The number of aliphatic hydroxyl groups excluding tert-OH is 1. The van der Waals surface area contributed by atoms with Gasteiger partial charge < -0.3 is 9.67 Å². The average molecular weight is 270 g/mol. The Morgan fingerprint density at radius 3 is 2.47 bits per heavy atom. The molecule has 0 saturated heterocycles. The van der Waals surface area contributed by atoms with Crippen LogP contribution in [0, 0.1) is 6.92 Å². The zero-order chi connectivity index (χ0) is 14.2. The van der Waals surface area contributed by atoms with E-state index in [1.807, 2.05) is 0 Å². The second-order valence-corrected chi connectivity index (χ2v) is 4.40. The maximum absolute atomic E-state index is 12.6. The van der Waals surface area contributed by atoms with Gasteiger partial charge in [-0.15, -0.1) is 0 Å². The van der Waals surface area contributed by atoms with Gasteiger partial charge in [0.05, 0.1) is 23.8 Å². The van der Waals surface area contributed by atoms with Crippen LogP contribution in [0.2, 0.25) is 0 Å². The van der Waals surface area contributed by atoms with Gasteiger partial charge >= 0.3 is 6.18 Å². The number of aliphatic hydroxyl groups is 1. The molecule has 2 aromatic rings. The summed E-state index contributed by atoms with van der Waals surface area (Å²) in [6.45, 7) is 1.55. The van der Waals surface area contributed by atoms with E-state index in [0.29, 0.717) is 16.8 Å². The molecule has 0 fully saturated rings. The van der Waals surface area contributed by atoms with Gasteiger partial charge in [-0.3, -0.25) is 0 Å². The van der Waals surface area contributed by atoms with Crippen LogP contribution in [0.3, 0.4) is 0 Å². The molecule has 1 atom stereocenters. The Morgan fingerprint density at radius 1 is 1.32 bits per heavy atom. The summed E-state index contributed by atoms with van der Waals surface area (Å²) in [5.74, 6) is 0. The van der Waals surface area contributed by atoms with Crippen molar-refractivity contribution in [3.8, 4) is 0 Å². The minimum atomic E-state index is -4.37. The zero-order valence-corrected chi connectivity index (χ0v) is 10.4. The van der Waals surface area contributed by atoms with E-state index >= 15 is 0 Å². The first kappa shape index (κ1) is 13.6. The summed E-state index contributed by atoms with van der Waals surface area (Å²) in [6.07, 6.45) is -2.35. The number of alkyl halides is 3. The molecule has 1 unspecified atom stereocenters. The van der Waals surface area contributed by atoms with Crippen LogP contribution >= 0.6 is 0 Å². The van der Waals surface area contributed by atoms with E-state index in [4.69, 9.17) is 0 Å². The molecule has 0 radical (unpaired) electrons. The molecule has 0 saturated carbocycles. The standard InChI is InChI=1S/C13H13F3N2O/c1-8-5-9(13(14,15)16)3-4-10(8)12(19)11-6-17-7-18(11)2/h3-7,12,19H,1-2H3. The van der Waals surface area contributed by atoms with Crippen molar-refractivity contribution in [2.24, 2.45) is 7.05 Å². The van der Waals surface area contributed by atoms with Gasteiger partial charge in [-0.1, -0.05) is 6.07 Å². The van der Waals surface area contributed by atoms with Crippen LogP contribution in [0.4, 0.5) is 13.2 Å². The Balaban J connectivity index is 2.39. The highest BCUT2D eigenvalue weighted by Crippen LogP contribution is 2.32. The lowest BCUT2D eigenvalue weighted by Crippen LogP contribution is -2.09. The maximum Gasteiger partial charge on any atom is 0.416 e. The molecule has 1 aromatic heterocycles. The SMILES string of the molecule is Cc1cc(C(F)(F)F)ccc1C(O)c1cncn1C. The summed E-state index contributed by atoms with van der Waals surface area (Å²) in [7, 11) is 1.71. The Bertz CT molecular complexity index is 590. The number of hydrogen-bond donors (Lipinski definition) is 1. The smallest absolute Gasteiger partial charge is 0.382 e. The molecule has 0 spiro atoms. The fourth-order valence-corrected chi connectivity index (χ4v) is 1.95. The molecule has 102 valence electrons. The number of hydrogen-bond acceptors (Lipinski definition) is 2. The Morgan fingerprint density at radius 2 is 2.00 bits per heavy atom. The van der Waals surface area contributed by atoms with Crippen LogP contribution < -0.4 is 0 Å². The van der Waals surface area contributed by atoms with Gasteiger partial charge in [0, 0.05) is 7.05 Å². The zero-order valence-electron chi connectivity index (χ0n) is 10.4. The predicted molar refractivity (Wildman–Crippen MR) is 63.5 cm³/mol. The van der Waals surface area contributed by atoms with Crippen molar-refractivity contribution in [2.75, 3.05) is 0 Å². The third-order valence-electron chi connectivity index (χ3n) is 3.03. The molecule has 0 aliphatic carbocycles. The quantitative estimate of drug-likeness (QED) is 0.911. The second kappa shape index (κ2) is 4.70. The number of halogens is 3. The average Bonchev–Trinajstić information content (AvgIpc) is 2.73. The van der Waals surface area contributed by atoms with Crippen molar-refractivity contribution >= 4 is 0 Å². The largest absolute Gasteiger partial charge is 0.416 e. The van der Waals surface area contributed by atoms with E-state index in [2.05, 4.69) is 4.98 Å². The first-order chi connectivity index (χ1) is 8.80. The van der Waals surface area contributed by atoms with Crippen molar-refractivity contribution in [1.29, 1.82) is 0 Å². The molecular weight excluding hydrogens is 257 g/mol. The number of imidazole rings is 1. The third-order valence-corrected chi connectivity index (χ3v) is 3.03. The van der Waals surface area contributed by atoms with Gasteiger partial charge in [0.15, 0.2) is 0 Å². The summed E-state index contributed by atoms with van der Waals surface area (Å²) in [5.41, 5.74) is 0.647. The van der Waals surface area contributed by atoms with Crippen LogP contribution in [0.25, 0.3) is 0 Å². The van der Waals surface area contributed by atoms with Crippen LogP contribution in [0.15, 0.2) is 30.7 Å². The van der Waals surface area contributed by atoms with E-state index in [1.54, 1.807) is 18.5 Å². The fourth-order valence-electron chi connectivity index (χ4n) is 1.95. The Hall–Kier alpha value is -1.82. The Kier molecular flexibility index (Phi) is 3.36. The topological polar surface area (TPSA) is 38.1 Å². The first-order valence-corrected chi connectivity index (χ1v) is 5.62. The maximum atomic E-state index is 12.6. The molecule has 6 heteroatoms. The van der Waals surface area contributed by atoms with Gasteiger partial charge in [0.25, 0.3) is 0 Å². The summed E-state index contributed by atoms with van der Waals surface area (Å²) < 4.78 is 39.3. The van der Waals surface area contributed by atoms with E-state index in [0.717, 1.165) is 12.1 Å². The number of nitrogens with zero attached hydrogens (tertiary/aromatic N) is 2. The molecule has 0 amide bonds. The lowest BCUT2D eigenvalue weighted by molar-refractivity contribution is -0.137. The lowest BCUT2D eigenvalue weighted by atomic mass is 9.99. The van der Waals surface area contributed by atoms with Crippen molar-refractivity contribution in [1.82, 2.24) is 9.55 Å². The molecule has 1 aromatic carbocycles. The first-order valence-electron chi connectivity index (χ1n) is 5.62. The van der Waals surface area contributed by atoms with Gasteiger partial charge in [-0.05, 0) is 30.2 Å². The van der Waals surface area contributed by atoms with Crippen LogP contribution in [-0.2, 0) is 13.2 Å². The predicted octanol–water partition coefficient (Wildman–Crippen LogP) is 2.83. The van der Waals surface area contributed by atoms with Crippen LogP contribution in [-0.4, -0.2) is 14.7 Å².